The summed E-state index contributed by atoms with van der Waals surface area (Å²) in [4.78, 5) is 3.12. The lowest BCUT2D eigenvalue weighted by atomic mass is 10.1. The topological polar surface area (TPSA) is 123 Å². The first kappa shape index (κ1) is 20.8. The zero-order valence-corrected chi connectivity index (χ0v) is 16.8. The fourth-order valence-corrected chi connectivity index (χ4v) is 3.97. The van der Waals surface area contributed by atoms with E-state index in [0.717, 1.165) is 24.1 Å². The van der Waals surface area contributed by atoms with Crippen LogP contribution >= 0.6 is 0 Å². The molecule has 0 aliphatic rings. The molecule has 8 heteroatoms. The summed E-state index contributed by atoms with van der Waals surface area (Å²) >= 11 is 0. The number of nitrogen functional groups attached to an aromatic ring is 1. The number of nitrogens with two attached hydrogens (primary N) is 2. The number of hydrogen-bond donors (Lipinski definition) is 4. The van der Waals surface area contributed by atoms with Crippen LogP contribution in [0, 0.1) is 0 Å². The van der Waals surface area contributed by atoms with Crippen LogP contribution in [0.4, 0.5) is 11.5 Å². The summed E-state index contributed by atoms with van der Waals surface area (Å²) < 4.78 is 27.3. The molecule has 0 fully saturated rings. The van der Waals surface area contributed by atoms with E-state index in [2.05, 4.69) is 9.71 Å². The molecule has 1 unspecified atom stereocenters. The van der Waals surface area contributed by atoms with Gasteiger partial charge < -0.3 is 10.4 Å². The van der Waals surface area contributed by atoms with E-state index in [4.69, 9.17) is 5.73 Å². The molecule has 0 amide bonds. The Labute approximate surface area is 170 Å². The van der Waals surface area contributed by atoms with Crippen LogP contribution < -0.4 is 20.8 Å². The summed E-state index contributed by atoms with van der Waals surface area (Å²) in [5, 5.41) is 12.2. The number of anilines is 2. The maximum Gasteiger partial charge on any atom is 0.270 e. The van der Waals surface area contributed by atoms with E-state index in [-0.39, 0.29) is 4.90 Å². The first-order chi connectivity index (χ1) is 13.9. The van der Waals surface area contributed by atoms with Crippen LogP contribution in [-0.4, -0.2) is 26.6 Å². The number of hydrogen-bond acceptors (Lipinski definition) is 4. The van der Waals surface area contributed by atoms with Gasteiger partial charge in [-0.1, -0.05) is 30.3 Å². The predicted octanol–water partition coefficient (Wildman–Crippen LogP) is 0.723. The lowest BCUT2D eigenvalue weighted by Crippen LogP contribution is -2.85. The number of aliphatic hydroxyl groups is 1. The van der Waals surface area contributed by atoms with Crippen molar-refractivity contribution in [2.45, 2.75) is 17.4 Å². The lowest BCUT2D eigenvalue weighted by Gasteiger charge is -2.10. The van der Waals surface area contributed by atoms with Gasteiger partial charge in [-0.2, -0.15) is 0 Å². The summed E-state index contributed by atoms with van der Waals surface area (Å²) in [6, 6.07) is 19.1. The average Bonchev–Trinajstić information content (AvgIpc) is 2.73. The molecular formula is C21H26N4O3S+2. The van der Waals surface area contributed by atoms with Crippen molar-refractivity contribution in [2.24, 2.45) is 0 Å². The van der Waals surface area contributed by atoms with Gasteiger partial charge in [0.05, 0.1) is 17.6 Å². The molecule has 0 bridgehead atoms. The molecule has 29 heavy (non-hydrogen) atoms. The minimum Gasteiger partial charge on any atom is -0.382 e. The Morgan fingerprint density at radius 1 is 1.03 bits per heavy atom. The van der Waals surface area contributed by atoms with Crippen molar-refractivity contribution < 1.29 is 23.8 Å². The molecule has 1 heterocycles. The number of quaternary nitrogens is 1. The number of aromatic amines is 1. The molecule has 3 rings (SSSR count). The maximum absolute atomic E-state index is 12.3. The number of pyridine rings is 1. The van der Waals surface area contributed by atoms with Gasteiger partial charge in [-0.25, -0.2) is 13.4 Å². The largest absolute Gasteiger partial charge is 0.382 e. The van der Waals surface area contributed by atoms with Crippen molar-refractivity contribution in [1.82, 2.24) is 0 Å². The Kier molecular flexibility index (Phi) is 6.82. The van der Waals surface area contributed by atoms with E-state index in [1.54, 1.807) is 60.8 Å². The van der Waals surface area contributed by atoms with Gasteiger partial charge in [0.25, 0.3) is 15.8 Å². The number of sulfonamides is 1. The van der Waals surface area contributed by atoms with Crippen molar-refractivity contribution >= 4 is 21.5 Å². The van der Waals surface area contributed by atoms with Gasteiger partial charge in [0.2, 0.25) is 0 Å². The Bertz CT molecular complexity index is 1010. The molecule has 0 radical (unpaired) electrons. The molecule has 0 spiro atoms. The highest BCUT2D eigenvalue weighted by atomic mass is 32.2. The van der Waals surface area contributed by atoms with E-state index in [0.29, 0.717) is 18.1 Å². The third-order valence-electron chi connectivity index (χ3n) is 4.53. The van der Waals surface area contributed by atoms with E-state index in [9.17, 15) is 13.5 Å². The zero-order chi connectivity index (χ0) is 20.7. The fourth-order valence-electron chi connectivity index (χ4n) is 2.89. The number of aromatic nitrogens is 1. The highest BCUT2D eigenvalue weighted by Gasteiger charge is 2.13. The smallest absolute Gasteiger partial charge is 0.270 e. The van der Waals surface area contributed by atoms with Crippen molar-refractivity contribution in [3.05, 3.63) is 84.1 Å². The van der Waals surface area contributed by atoms with Gasteiger partial charge in [-0.15, -0.1) is 0 Å². The fraction of sp³-hybridized carbons (Fsp3) is 0.190. The van der Waals surface area contributed by atoms with E-state index >= 15 is 0 Å². The van der Waals surface area contributed by atoms with Gasteiger partial charge in [0, 0.05) is 23.7 Å². The lowest BCUT2D eigenvalue weighted by molar-refractivity contribution is -0.661. The number of aliphatic hydroxyl groups excluding tert-OH is 1. The summed E-state index contributed by atoms with van der Waals surface area (Å²) in [7, 11) is -3.58. The first-order valence-electron chi connectivity index (χ1n) is 9.38. The van der Waals surface area contributed by atoms with E-state index in [1.807, 2.05) is 17.4 Å². The Hall–Kier alpha value is -2.94. The van der Waals surface area contributed by atoms with Crippen molar-refractivity contribution in [1.29, 1.82) is 0 Å². The van der Waals surface area contributed by atoms with Crippen LogP contribution in [0.2, 0.25) is 0 Å². The highest BCUT2D eigenvalue weighted by molar-refractivity contribution is 7.92. The third kappa shape index (κ3) is 6.02. The molecule has 3 aromatic rings. The van der Waals surface area contributed by atoms with Gasteiger partial charge in [-0.05, 0) is 35.9 Å². The van der Waals surface area contributed by atoms with E-state index < -0.39 is 16.1 Å². The van der Waals surface area contributed by atoms with Crippen LogP contribution in [-0.2, 0) is 16.4 Å². The summed E-state index contributed by atoms with van der Waals surface area (Å²) in [6.45, 7) is 1.36. The van der Waals surface area contributed by atoms with Crippen LogP contribution in [0.25, 0.3) is 0 Å². The van der Waals surface area contributed by atoms with Gasteiger partial charge in [-0.3, -0.25) is 10.5 Å². The van der Waals surface area contributed by atoms with E-state index in [1.165, 1.54) is 0 Å². The molecule has 7 nitrogen and oxygen atoms in total. The summed E-state index contributed by atoms with van der Waals surface area (Å²) in [6.07, 6.45) is 1.96. The number of rotatable bonds is 9. The second kappa shape index (κ2) is 9.51. The maximum atomic E-state index is 12.3. The molecule has 7 N–H and O–H groups in total. The van der Waals surface area contributed by atoms with Gasteiger partial charge >= 0.3 is 0 Å². The van der Waals surface area contributed by atoms with Crippen molar-refractivity contribution in [3.63, 3.8) is 0 Å². The minimum absolute atomic E-state index is 0.232. The monoisotopic (exact) mass is 414 g/mol. The second-order valence-corrected chi connectivity index (χ2v) is 8.45. The number of nitrogens with one attached hydrogen (secondary N) is 2. The predicted molar refractivity (Wildman–Crippen MR) is 111 cm³/mol. The number of benzene rings is 2. The third-order valence-corrected chi connectivity index (χ3v) is 5.93. The molecule has 1 atom stereocenters. The molecule has 1 aromatic heterocycles. The summed E-state index contributed by atoms with van der Waals surface area (Å²) in [5.41, 5.74) is 8.02. The van der Waals surface area contributed by atoms with Gasteiger partial charge in [0.1, 0.15) is 12.6 Å². The average molecular weight is 415 g/mol. The summed E-state index contributed by atoms with van der Waals surface area (Å²) in [5.74, 6) is 0.555. The van der Waals surface area contributed by atoms with Gasteiger partial charge in [0.15, 0.2) is 0 Å². The van der Waals surface area contributed by atoms with Crippen LogP contribution in [0.1, 0.15) is 17.2 Å². The first-order valence-corrected chi connectivity index (χ1v) is 10.9. The highest BCUT2D eigenvalue weighted by Crippen LogP contribution is 2.16. The quantitative estimate of drug-likeness (QED) is 0.385. The Morgan fingerprint density at radius 2 is 1.76 bits per heavy atom. The molecule has 152 valence electrons. The van der Waals surface area contributed by atoms with Crippen molar-refractivity contribution in [3.8, 4) is 0 Å². The minimum atomic E-state index is -3.58. The van der Waals surface area contributed by atoms with Crippen molar-refractivity contribution in [2.75, 3.05) is 23.5 Å². The molecule has 2 aromatic carbocycles. The Morgan fingerprint density at radius 3 is 2.41 bits per heavy atom. The SMILES string of the molecule is Nc1ccc(C(O)C[NH2+]CCc2ccc(NS(=O)(=O)c3ccccc3)cc2)c[nH+]1. The van der Waals surface area contributed by atoms with Crippen LogP contribution in [0.3, 0.4) is 0 Å². The second-order valence-electron chi connectivity index (χ2n) is 6.77. The molecular weight excluding hydrogens is 388 g/mol. The van der Waals surface area contributed by atoms with Crippen LogP contribution in [0.5, 0.6) is 0 Å². The molecule has 0 saturated carbocycles. The zero-order valence-electron chi connectivity index (χ0n) is 16.0. The number of H-pyrrole nitrogens is 1. The molecule has 0 aliphatic carbocycles. The normalized spacial score (nSPS) is 12.4. The van der Waals surface area contributed by atoms with Crippen LogP contribution in [0.15, 0.2) is 77.8 Å². The standard InChI is InChI=1S/C21H24N4O3S/c22-21-11-8-17(14-24-21)20(26)15-23-13-12-16-6-9-18(10-7-16)25-29(27,28)19-4-2-1-3-5-19/h1-11,14,20,23,25-26H,12-13,15H2,(H2,22,24)/p+2. The molecule has 0 saturated heterocycles. The molecule has 0 aliphatic heterocycles. The Balaban J connectivity index is 1.46.